The quantitative estimate of drug-likeness (QED) is 0.215. The lowest BCUT2D eigenvalue weighted by Gasteiger charge is -2.07. The standard InChI is InChI=1S/C26H21F3N6O4S/c1-35-20-9-4-15(23(38)31-13-22(37)30-12-14-2-5-16(36)6-3-14)10-19(20)32-24(35)34-25-33-18-8-7-17(11-21(18)40-25)39-26(27,28)29/h2-11,36H,12-13H2,1H3,(H,30,37)(H,31,38)(H,32,33,34). The largest absolute Gasteiger partial charge is 0.573 e. The molecule has 4 N–H and O–H groups in total. The minimum absolute atomic E-state index is 0.129. The SMILES string of the molecule is Cn1c(Nc2nc3ccc(OC(F)(F)F)cc3s2)nc2cc(C(=O)NCC(=O)NCc3ccc(O)cc3)ccc21. The zero-order valence-electron chi connectivity index (χ0n) is 20.7. The van der Waals surface area contributed by atoms with Crippen LogP contribution in [-0.4, -0.2) is 44.4 Å². The summed E-state index contributed by atoms with van der Waals surface area (Å²) in [6, 6.07) is 15.2. The summed E-state index contributed by atoms with van der Waals surface area (Å²) >= 11 is 1.14. The van der Waals surface area contributed by atoms with Crippen LogP contribution in [0, 0.1) is 0 Å². The Hall–Kier alpha value is -4.85. The van der Waals surface area contributed by atoms with Crippen LogP contribution in [-0.2, 0) is 18.4 Å². The molecule has 0 unspecified atom stereocenters. The average molecular weight is 571 g/mol. The van der Waals surface area contributed by atoms with Gasteiger partial charge in [0.05, 0.1) is 27.8 Å². The number of anilines is 2. The predicted molar refractivity (Wildman–Crippen MR) is 143 cm³/mol. The van der Waals surface area contributed by atoms with Gasteiger partial charge in [-0.3, -0.25) is 9.59 Å². The number of amides is 2. The number of aromatic nitrogens is 3. The first-order chi connectivity index (χ1) is 19.0. The number of nitrogens with one attached hydrogen (secondary N) is 3. The summed E-state index contributed by atoms with van der Waals surface area (Å²) in [6.45, 7) is 0.0269. The first kappa shape index (κ1) is 26.7. The number of carbonyl (C=O) groups is 2. The fourth-order valence-corrected chi connectivity index (χ4v) is 4.73. The molecule has 0 atom stereocenters. The highest BCUT2D eigenvalue weighted by Crippen LogP contribution is 2.33. The number of imidazole rings is 1. The van der Waals surface area contributed by atoms with Crippen molar-refractivity contribution in [2.24, 2.45) is 7.05 Å². The topological polar surface area (TPSA) is 130 Å². The molecule has 0 aliphatic heterocycles. The number of alkyl halides is 3. The average Bonchev–Trinajstić information content (AvgIpc) is 3.45. The molecule has 0 bridgehead atoms. The van der Waals surface area contributed by atoms with Gasteiger partial charge in [0.1, 0.15) is 11.5 Å². The van der Waals surface area contributed by atoms with Crippen LogP contribution in [0.15, 0.2) is 60.7 Å². The summed E-state index contributed by atoms with van der Waals surface area (Å²) in [5.41, 5.74) is 2.82. The van der Waals surface area contributed by atoms with Gasteiger partial charge < -0.3 is 30.4 Å². The van der Waals surface area contributed by atoms with E-state index < -0.39 is 12.3 Å². The number of phenols is 1. The molecule has 5 aromatic rings. The van der Waals surface area contributed by atoms with E-state index in [-0.39, 0.29) is 30.5 Å². The summed E-state index contributed by atoms with van der Waals surface area (Å²) in [7, 11) is 1.76. The molecule has 206 valence electrons. The Morgan fingerprint density at radius 2 is 1.77 bits per heavy atom. The maximum atomic E-state index is 12.6. The highest BCUT2D eigenvalue weighted by Gasteiger charge is 2.31. The van der Waals surface area contributed by atoms with Crippen LogP contribution in [0.2, 0.25) is 0 Å². The number of hydrogen-bond acceptors (Lipinski definition) is 8. The van der Waals surface area contributed by atoms with E-state index in [1.165, 1.54) is 30.3 Å². The number of aryl methyl sites for hydroxylation is 1. The van der Waals surface area contributed by atoms with Crippen LogP contribution in [0.4, 0.5) is 24.3 Å². The van der Waals surface area contributed by atoms with Gasteiger partial charge in [-0.15, -0.1) is 13.2 Å². The summed E-state index contributed by atoms with van der Waals surface area (Å²) in [5.74, 6) is -0.626. The van der Waals surface area contributed by atoms with E-state index in [0.717, 1.165) is 16.9 Å². The zero-order chi connectivity index (χ0) is 28.4. The molecule has 40 heavy (non-hydrogen) atoms. The van der Waals surface area contributed by atoms with Crippen molar-refractivity contribution >= 4 is 55.5 Å². The molecule has 0 aliphatic rings. The van der Waals surface area contributed by atoms with Crippen molar-refractivity contribution in [1.29, 1.82) is 0 Å². The lowest BCUT2D eigenvalue weighted by molar-refractivity contribution is -0.274. The van der Waals surface area contributed by atoms with Gasteiger partial charge in [-0.1, -0.05) is 23.5 Å². The molecular weight excluding hydrogens is 549 g/mol. The third-order valence-electron chi connectivity index (χ3n) is 5.79. The van der Waals surface area contributed by atoms with Crippen molar-refractivity contribution in [3.63, 3.8) is 0 Å². The number of phenolic OH excluding ortho intramolecular Hbond substituents is 1. The minimum Gasteiger partial charge on any atom is -0.508 e. The second kappa shape index (κ2) is 10.7. The molecular formula is C26H21F3N6O4S. The Morgan fingerprint density at radius 3 is 2.52 bits per heavy atom. The number of hydrogen-bond donors (Lipinski definition) is 4. The van der Waals surface area contributed by atoms with Crippen LogP contribution in [0.3, 0.4) is 0 Å². The molecule has 2 amide bonds. The highest BCUT2D eigenvalue weighted by atomic mass is 32.1. The Bertz CT molecular complexity index is 1720. The van der Waals surface area contributed by atoms with Crippen molar-refractivity contribution in [3.05, 3.63) is 71.8 Å². The summed E-state index contributed by atoms with van der Waals surface area (Å²) < 4.78 is 43.8. The molecule has 2 aromatic heterocycles. The lowest BCUT2D eigenvalue weighted by atomic mass is 10.2. The van der Waals surface area contributed by atoms with Crippen LogP contribution >= 0.6 is 11.3 Å². The summed E-state index contributed by atoms with van der Waals surface area (Å²) in [6.07, 6.45) is -4.79. The van der Waals surface area contributed by atoms with E-state index in [1.807, 2.05) is 0 Å². The molecule has 0 radical (unpaired) electrons. The van der Waals surface area contributed by atoms with E-state index in [2.05, 4.69) is 30.7 Å². The number of halogens is 3. The molecule has 0 saturated carbocycles. The van der Waals surface area contributed by atoms with Crippen molar-refractivity contribution in [1.82, 2.24) is 25.2 Å². The second-order valence-corrected chi connectivity index (χ2v) is 9.68. The molecule has 14 heteroatoms. The Morgan fingerprint density at radius 1 is 1.00 bits per heavy atom. The van der Waals surface area contributed by atoms with Gasteiger partial charge in [-0.05, 0) is 48.0 Å². The van der Waals surface area contributed by atoms with E-state index in [1.54, 1.807) is 41.9 Å². The van der Waals surface area contributed by atoms with Gasteiger partial charge in [0.25, 0.3) is 5.91 Å². The maximum Gasteiger partial charge on any atom is 0.573 e. The molecule has 0 fully saturated rings. The fraction of sp³-hybridized carbons (Fsp3) is 0.154. The Balaban J connectivity index is 1.23. The van der Waals surface area contributed by atoms with Gasteiger partial charge in [-0.25, -0.2) is 9.97 Å². The zero-order valence-corrected chi connectivity index (χ0v) is 21.6. The predicted octanol–water partition coefficient (Wildman–Crippen LogP) is 4.58. The second-order valence-electron chi connectivity index (χ2n) is 8.65. The highest BCUT2D eigenvalue weighted by molar-refractivity contribution is 7.22. The molecule has 10 nitrogen and oxygen atoms in total. The Labute approximate surface area is 228 Å². The van der Waals surface area contributed by atoms with Crippen LogP contribution < -0.4 is 20.7 Å². The number of carbonyl (C=O) groups excluding carboxylic acids is 2. The summed E-state index contributed by atoms with van der Waals surface area (Å²) in [4.78, 5) is 33.7. The number of rotatable bonds is 8. The fourth-order valence-electron chi connectivity index (χ4n) is 3.84. The van der Waals surface area contributed by atoms with Crippen LogP contribution in [0.1, 0.15) is 15.9 Å². The number of aromatic hydroxyl groups is 1. The number of ether oxygens (including phenoxy) is 1. The number of fused-ring (bicyclic) bond motifs is 2. The third kappa shape index (κ3) is 6.23. The van der Waals surface area contributed by atoms with E-state index in [4.69, 9.17) is 0 Å². The van der Waals surface area contributed by atoms with E-state index in [9.17, 15) is 27.9 Å². The van der Waals surface area contributed by atoms with Gasteiger partial charge in [0, 0.05) is 25.2 Å². The monoisotopic (exact) mass is 570 g/mol. The number of benzene rings is 3. The molecule has 5 rings (SSSR count). The van der Waals surface area contributed by atoms with Crippen molar-refractivity contribution in [3.8, 4) is 11.5 Å². The molecule has 0 aliphatic carbocycles. The molecule has 3 aromatic carbocycles. The van der Waals surface area contributed by atoms with Gasteiger partial charge in [-0.2, -0.15) is 0 Å². The molecule has 2 heterocycles. The smallest absolute Gasteiger partial charge is 0.508 e. The summed E-state index contributed by atoms with van der Waals surface area (Å²) in [5, 5.41) is 18.1. The van der Waals surface area contributed by atoms with Gasteiger partial charge >= 0.3 is 6.36 Å². The molecule has 0 spiro atoms. The minimum atomic E-state index is -4.79. The van der Waals surface area contributed by atoms with Crippen molar-refractivity contribution in [2.75, 3.05) is 11.9 Å². The van der Waals surface area contributed by atoms with E-state index in [0.29, 0.717) is 37.9 Å². The number of nitrogens with zero attached hydrogens (tertiary/aromatic N) is 3. The van der Waals surface area contributed by atoms with Crippen LogP contribution in [0.5, 0.6) is 11.5 Å². The van der Waals surface area contributed by atoms with E-state index >= 15 is 0 Å². The first-order valence-corrected chi connectivity index (χ1v) is 12.6. The normalized spacial score (nSPS) is 11.5. The van der Waals surface area contributed by atoms with Crippen LogP contribution in [0.25, 0.3) is 21.3 Å². The Kier molecular flexibility index (Phi) is 7.17. The third-order valence-corrected chi connectivity index (χ3v) is 6.72. The number of thiazole rings is 1. The van der Waals surface area contributed by atoms with Crippen molar-refractivity contribution in [2.45, 2.75) is 12.9 Å². The van der Waals surface area contributed by atoms with Gasteiger partial charge in [0.2, 0.25) is 11.9 Å². The van der Waals surface area contributed by atoms with Gasteiger partial charge in [0.15, 0.2) is 5.13 Å². The first-order valence-electron chi connectivity index (χ1n) is 11.8. The van der Waals surface area contributed by atoms with Crippen molar-refractivity contribution < 1.29 is 32.6 Å². The lowest BCUT2D eigenvalue weighted by Crippen LogP contribution is -2.36. The maximum absolute atomic E-state index is 12.6. The molecule has 0 saturated heterocycles.